The number of nitrogens with two attached hydrogens (primary N) is 1. The first kappa shape index (κ1) is 16.6. The number of amides is 1. The van der Waals surface area contributed by atoms with Gasteiger partial charge in [-0.3, -0.25) is 4.79 Å². The normalized spacial score (nSPS) is 11.5. The van der Waals surface area contributed by atoms with Gasteiger partial charge in [0, 0.05) is 17.6 Å². The number of rotatable bonds is 6. The monoisotopic (exact) mass is 317 g/mol. The van der Waals surface area contributed by atoms with Crippen LogP contribution in [-0.2, 0) is 0 Å². The van der Waals surface area contributed by atoms with Crippen molar-refractivity contribution in [3.8, 4) is 11.3 Å². The zero-order chi connectivity index (χ0) is 16.2. The topological polar surface area (TPSA) is 68.0 Å². The smallest absolute Gasteiger partial charge is 0.263 e. The number of hydrogen-bond acceptors (Lipinski definition) is 4. The zero-order valence-corrected chi connectivity index (χ0v) is 14.2. The van der Waals surface area contributed by atoms with Gasteiger partial charge in [-0.15, -0.1) is 11.3 Å². The Morgan fingerprint density at radius 3 is 2.50 bits per heavy atom. The molecule has 0 aliphatic heterocycles. The van der Waals surface area contributed by atoms with Crippen LogP contribution < -0.4 is 11.1 Å². The maximum absolute atomic E-state index is 12.5. The molecule has 0 spiro atoms. The minimum Gasteiger partial charge on any atom is -0.349 e. The first-order valence-corrected chi connectivity index (χ1v) is 8.40. The molecule has 4 nitrogen and oxygen atoms in total. The summed E-state index contributed by atoms with van der Waals surface area (Å²) in [5.74, 6) is -0.0961. The number of hydrogen-bond donors (Lipinski definition) is 2. The number of benzene rings is 1. The second-order valence-electron chi connectivity index (χ2n) is 5.53. The summed E-state index contributed by atoms with van der Waals surface area (Å²) in [4.78, 5) is 17.7. The predicted octanol–water partition coefficient (Wildman–Crippen LogP) is 3.37. The molecule has 2 aromatic rings. The van der Waals surface area contributed by atoms with E-state index in [9.17, 15) is 4.79 Å². The van der Waals surface area contributed by atoms with Crippen LogP contribution in [0.4, 0.5) is 0 Å². The molecule has 0 atom stereocenters. The Balaban J connectivity index is 2.21. The molecule has 1 aromatic carbocycles. The molecule has 5 heteroatoms. The fourth-order valence-corrected chi connectivity index (χ4v) is 3.07. The minimum atomic E-state index is -0.345. The Kier molecular flexibility index (Phi) is 5.32. The van der Waals surface area contributed by atoms with Crippen molar-refractivity contribution in [1.82, 2.24) is 10.3 Å². The molecule has 1 aromatic heterocycles. The summed E-state index contributed by atoms with van der Waals surface area (Å²) in [7, 11) is 0. The van der Waals surface area contributed by atoms with Crippen LogP contribution in [-0.4, -0.2) is 23.0 Å². The highest BCUT2D eigenvalue weighted by molar-refractivity contribution is 7.14. The van der Waals surface area contributed by atoms with Gasteiger partial charge in [0.15, 0.2) is 0 Å². The van der Waals surface area contributed by atoms with Gasteiger partial charge in [-0.1, -0.05) is 44.2 Å². The number of carbonyl (C=O) groups excluding carboxylic acids is 1. The predicted molar refractivity (Wildman–Crippen MR) is 92.1 cm³/mol. The molecule has 0 fully saturated rings. The fourth-order valence-electron chi connectivity index (χ4n) is 2.21. The van der Waals surface area contributed by atoms with Crippen LogP contribution in [0.15, 0.2) is 30.3 Å². The third-order valence-corrected chi connectivity index (χ3v) is 4.97. The van der Waals surface area contributed by atoms with Crippen molar-refractivity contribution in [2.24, 2.45) is 5.73 Å². The first-order chi connectivity index (χ1) is 10.5. The lowest BCUT2D eigenvalue weighted by molar-refractivity contribution is 0.0946. The third kappa shape index (κ3) is 3.72. The van der Waals surface area contributed by atoms with E-state index in [4.69, 9.17) is 5.73 Å². The molecule has 0 unspecified atom stereocenters. The standard InChI is InChI=1S/C17H23N3OS/c1-4-17(18,5-2)11-19-16(21)15-14(20-12(3)22-15)13-9-7-6-8-10-13/h6-10H,4-5,11,18H2,1-3H3,(H,19,21). The molecule has 0 saturated carbocycles. The van der Waals surface area contributed by atoms with Gasteiger partial charge in [-0.2, -0.15) is 0 Å². The van der Waals surface area contributed by atoms with E-state index in [1.54, 1.807) is 0 Å². The van der Waals surface area contributed by atoms with Crippen LogP contribution in [0.2, 0.25) is 0 Å². The van der Waals surface area contributed by atoms with Gasteiger partial charge in [0.2, 0.25) is 0 Å². The molecular weight excluding hydrogens is 294 g/mol. The highest BCUT2D eigenvalue weighted by Gasteiger charge is 2.23. The van der Waals surface area contributed by atoms with E-state index in [-0.39, 0.29) is 11.4 Å². The van der Waals surface area contributed by atoms with Crippen molar-refractivity contribution in [2.75, 3.05) is 6.54 Å². The zero-order valence-electron chi connectivity index (χ0n) is 13.3. The highest BCUT2D eigenvalue weighted by Crippen LogP contribution is 2.27. The number of thiazole rings is 1. The lowest BCUT2D eigenvalue weighted by Gasteiger charge is -2.26. The molecule has 0 radical (unpaired) electrons. The molecule has 3 N–H and O–H groups in total. The molecule has 1 heterocycles. The Labute approximate surface area is 135 Å². The Morgan fingerprint density at radius 1 is 1.27 bits per heavy atom. The van der Waals surface area contributed by atoms with Crippen LogP contribution in [0.3, 0.4) is 0 Å². The third-order valence-electron chi connectivity index (χ3n) is 4.00. The average Bonchev–Trinajstić information content (AvgIpc) is 2.95. The molecule has 2 rings (SSSR count). The van der Waals surface area contributed by atoms with Crippen molar-refractivity contribution in [3.05, 3.63) is 40.2 Å². The summed E-state index contributed by atoms with van der Waals surface area (Å²) in [6.45, 7) is 6.48. The average molecular weight is 317 g/mol. The van der Waals surface area contributed by atoms with Crippen LogP contribution >= 0.6 is 11.3 Å². The summed E-state index contributed by atoms with van der Waals surface area (Å²) >= 11 is 1.42. The van der Waals surface area contributed by atoms with Gasteiger partial charge in [0.25, 0.3) is 5.91 Å². The number of aryl methyl sites for hydroxylation is 1. The van der Waals surface area contributed by atoms with Crippen LogP contribution in [0, 0.1) is 6.92 Å². The molecule has 22 heavy (non-hydrogen) atoms. The molecular formula is C17H23N3OS. The van der Waals surface area contributed by atoms with Crippen LogP contribution in [0.1, 0.15) is 41.4 Å². The Bertz CT molecular complexity index is 633. The van der Waals surface area contributed by atoms with E-state index in [2.05, 4.69) is 10.3 Å². The van der Waals surface area contributed by atoms with Gasteiger partial charge in [-0.25, -0.2) is 4.98 Å². The summed E-state index contributed by atoms with van der Waals surface area (Å²) < 4.78 is 0. The Morgan fingerprint density at radius 2 is 1.91 bits per heavy atom. The van der Waals surface area contributed by atoms with Crippen molar-refractivity contribution in [2.45, 2.75) is 39.2 Å². The first-order valence-electron chi connectivity index (χ1n) is 7.59. The number of nitrogens with one attached hydrogen (secondary N) is 1. The van der Waals surface area contributed by atoms with Gasteiger partial charge in [-0.05, 0) is 19.8 Å². The SMILES string of the molecule is CCC(N)(CC)CNC(=O)c1sc(C)nc1-c1ccccc1. The maximum atomic E-state index is 12.5. The molecule has 0 bridgehead atoms. The largest absolute Gasteiger partial charge is 0.349 e. The molecule has 1 amide bonds. The second-order valence-corrected chi connectivity index (χ2v) is 6.73. The van der Waals surface area contributed by atoms with Crippen molar-refractivity contribution in [1.29, 1.82) is 0 Å². The molecule has 0 aliphatic rings. The van der Waals surface area contributed by atoms with Crippen molar-refractivity contribution in [3.63, 3.8) is 0 Å². The number of nitrogens with zero attached hydrogens (tertiary/aromatic N) is 1. The van der Waals surface area contributed by atoms with E-state index < -0.39 is 0 Å². The molecule has 0 aliphatic carbocycles. The van der Waals surface area contributed by atoms with Crippen molar-refractivity contribution < 1.29 is 4.79 Å². The van der Waals surface area contributed by atoms with Gasteiger partial charge < -0.3 is 11.1 Å². The van der Waals surface area contributed by atoms with E-state index in [0.29, 0.717) is 11.4 Å². The second kappa shape index (κ2) is 7.03. The van der Waals surface area contributed by atoms with E-state index in [1.165, 1.54) is 11.3 Å². The number of carbonyl (C=O) groups is 1. The minimum absolute atomic E-state index is 0.0961. The summed E-state index contributed by atoms with van der Waals surface area (Å²) in [6.07, 6.45) is 1.66. The van der Waals surface area contributed by atoms with Crippen LogP contribution in [0.25, 0.3) is 11.3 Å². The van der Waals surface area contributed by atoms with Gasteiger partial charge in [0.05, 0.1) is 10.7 Å². The molecule has 0 saturated heterocycles. The summed E-state index contributed by atoms with van der Waals surface area (Å²) in [5.41, 5.74) is 7.61. The van der Waals surface area contributed by atoms with E-state index in [1.807, 2.05) is 51.1 Å². The van der Waals surface area contributed by atoms with E-state index >= 15 is 0 Å². The van der Waals surface area contributed by atoms with Gasteiger partial charge in [0.1, 0.15) is 4.88 Å². The highest BCUT2D eigenvalue weighted by atomic mass is 32.1. The van der Waals surface area contributed by atoms with Crippen LogP contribution in [0.5, 0.6) is 0 Å². The molecule has 118 valence electrons. The Hall–Kier alpha value is -1.72. The quantitative estimate of drug-likeness (QED) is 0.858. The lowest BCUT2D eigenvalue weighted by Crippen LogP contribution is -2.49. The summed E-state index contributed by atoms with van der Waals surface area (Å²) in [5, 5.41) is 3.85. The number of aromatic nitrogens is 1. The van der Waals surface area contributed by atoms with Crippen molar-refractivity contribution >= 4 is 17.2 Å². The maximum Gasteiger partial charge on any atom is 0.263 e. The lowest BCUT2D eigenvalue weighted by atomic mass is 9.94. The van der Waals surface area contributed by atoms with Gasteiger partial charge >= 0.3 is 0 Å². The summed E-state index contributed by atoms with van der Waals surface area (Å²) in [6, 6.07) is 9.79. The fraction of sp³-hybridized carbons (Fsp3) is 0.412. The van der Waals surface area contributed by atoms with E-state index in [0.717, 1.165) is 29.1 Å².